The van der Waals surface area contributed by atoms with Crippen LogP contribution in [0.5, 0.6) is 0 Å². The smallest absolute Gasteiger partial charge is 0.259 e. The van der Waals surface area contributed by atoms with Crippen LogP contribution in [0.15, 0.2) is 15.5 Å². The summed E-state index contributed by atoms with van der Waals surface area (Å²) >= 11 is 0. The first-order chi connectivity index (χ1) is 10.9. The normalized spacial score (nSPS) is 12.0. The van der Waals surface area contributed by atoms with E-state index in [1.165, 1.54) is 7.05 Å². The maximum Gasteiger partial charge on any atom is 0.259 e. The molecule has 0 amide bonds. The number of nitrogens with zero attached hydrogens (tertiary/aromatic N) is 3. The highest BCUT2D eigenvalue weighted by atomic mass is 16.6. The van der Waals surface area contributed by atoms with E-state index < -0.39 is 4.92 Å². The molecular weight excluding hydrogens is 300 g/mol. The minimum atomic E-state index is -0.406. The van der Waals surface area contributed by atoms with Crippen LogP contribution < -0.4 is 5.32 Å². The van der Waals surface area contributed by atoms with E-state index in [4.69, 9.17) is 9.15 Å². The lowest BCUT2D eigenvalue weighted by Gasteiger charge is -2.07. The lowest BCUT2D eigenvalue weighted by atomic mass is 10.2. The zero-order valence-electron chi connectivity index (χ0n) is 14.3. The first kappa shape index (κ1) is 19.1. The Kier molecular flexibility index (Phi) is 8.28. The van der Waals surface area contributed by atoms with Crippen LogP contribution in [-0.2, 0) is 17.9 Å². The minimum Gasteiger partial charge on any atom is -0.462 e. The summed E-state index contributed by atoms with van der Waals surface area (Å²) in [4.78, 5) is 15.9. The van der Waals surface area contributed by atoms with Crippen LogP contribution in [0.3, 0.4) is 0 Å². The second kappa shape index (κ2) is 9.96. The molecule has 0 aliphatic heterocycles. The van der Waals surface area contributed by atoms with Crippen molar-refractivity contribution in [1.29, 1.82) is 0 Å². The first-order valence-corrected chi connectivity index (χ1v) is 7.54. The van der Waals surface area contributed by atoms with Crippen molar-refractivity contribution >= 4 is 5.84 Å². The predicted molar refractivity (Wildman–Crippen MR) is 88.3 cm³/mol. The quantitative estimate of drug-likeness (QED) is 0.230. The molecule has 0 radical (unpaired) electrons. The lowest BCUT2D eigenvalue weighted by molar-refractivity contribution is -0.463. The topological polar surface area (TPSA) is 93.1 Å². The van der Waals surface area contributed by atoms with Crippen LogP contribution in [-0.4, -0.2) is 56.5 Å². The van der Waals surface area contributed by atoms with E-state index in [1.54, 1.807) is 0 Å². The number of furan rings is 1. The Morgan fingerprint density at radius 2 is 2.26 bits per heavy atom. The van der Waals surface area contributed by atoms with Crippen LogP contribution in [0.25, 0.3) is 0 Å². The molecule has 0 saturated carbocycles. The maximum atomic E-state index is 10.4. The number of nitrogens with one attached hydrogen (secondary N) is 1. The summed E-state index contributed by atoms with van der Waals surface area (Å²) in [5.74, 6) is 2.15. The molecule has 0 aromatic carbocycles. The molecule has 0 atom stereocenters. The summed E-state index contributed by atoms with van der Waals surface area (Å²) in [6.07, 6.45) is 0.737. The molecule has 8 heteroatoms. The van der Waals surface area contributed by atoms with E-state index in [2.05, 4.69) is 15.2 Å². The molecule has 0 unspecified atom stereocenters. The van der Waals surface area contributed by atoms with Gasteiger partial charge in [0.25, 0.3) is 6.54 Å². The van der Waals surface area contributed by atoms with Gasteiger partial charge in [0, 0.05) is 25.1 Å². The van der Waals surface area contributed by atoms with Gasteiger partial charge in [-0.15, -0.1) is 0 Å². The van der Waals surface area contributed by atoms with Crippen molar-refractivity contribution in [3.63, 3.8) is 0 Å². The van der Waals surface area contributed by atoms with Crippen LogP contribution >= 0.6 is 0 Å². The zero-order valence-corrected chi connectivity index (χ0v) is 14.3. The summed E-state index contributed by atoms with van der Waals surface area (Å²) in [6.45, 7) is 4.08. The van der Waals surface area contributed by atoms with Gasteiger partial charge < -0.3 is 19.4 Å². The predicted octanol–water partition coefficient (Wildman–Crippen LogP) is 1.45. The molecule has 130 valence electrons. The third-order valence-electron chi connectivity index (χ3n) is 3.12. The van der Waals surface area contributed by atoms with Crippen LogP contribution in [0.2, 0.25) is 0 Å². The molecule has 1 aromatic rings. The van der Waals surface area contributed by atoms with Crippen molar-refractivity contribution in [2.24, 2.45) is 4.99 Å². The summed E-state index contributed by atoms with van der Waals surface area (Å²) in [6, 6.07) is 2.00. The Bertz CT molecular complexity index is 526. The second-order valence-corrected chi connectivity index (χ2v) is 5.55. The SMILES string of the molecule is CN=C(C[N+](=O)[O-])NCCCOCc1cc(C)c(CN(C)C)o1. The third-order valence-corrected chi connectivity index (χ3v) is 3.12. The number of aryl methyl sites for hydroxylation is 1. The van der Waals surface area contributed by atoms with Crippen LogP contribution in [0.4, 0.5) is 0 Å². The third kappa shape index (κ3) is 7.75. The van der Waals surface area contributed by atoms with Crippen molar-refractivity contribution in [2.75, 3.05) is 40.8 Å². The summed E-state index contributed by atoms with van der Waals surface area (Å²) in [7, 11) is 5.53. The van der Waals surface area contributed by atoms with Gasteiger partial charge in [0.1, 0.15) is 18.1 Å². The fraction of sp³-hybridized carbons (Fsp3) is 0.667. The zero-order chi connectivity index (χ0) is 17.2. The molecule has 1 rings (SSSR count). The standard InChI is InChI=1S/C15H26N4O4/c1-12-8-13(23-14(12)9-18(3)4)11-22-7-5-6-17-15(16-2)10-19(20)21/h8H,5-7,9-11H2,1-4H3,(H,16,17). The fourth-order valence-corrected chi connectivity index (χ4v) is 2.01. The first-order valence-electron chi connectivity index (χ1n) is 7.54. The largest absolute Gasteiger partial charge is 0.462 e. The Morgan fingerprint density at radius 1 is 1.52 bits per heavy atom. The fourth-order valence-electron chi connectivity index (χ4n) is 2.01. The Labute approximate surface area is 136 Å². The van der Waals surface area contributed by atoms with Gasteiger partial charge in [-0.3, -0.25) is 15.1 Å². The lowest BCUT2D eigenvalue weighted by Crippen LogP contribution is -2.31. The summed E-state index contributed by atoms with van der Waals surface area (Å²) in [5, 5.41) is 13.3. The number of ether oxygens (including phenoxy) is 1. The highest BCUT2D eigenvalue weighted by Crippen LogP contribution is 2.16. The number of nitro groups is 1. The molecule has 1 aromatic heterocycles. The highest BCUT2D eigenvalue weighted by Gasteiger charge is 2.09. The molecule has 23 heavy (non-hydrogen) atoms. The van der Waals surface area contributed by atoms with E-state index in [0.717, 1.165) is 30.0 Å². The van der Waals surface area contributed by atoms with Crippen LogP contribution in [0, 0.1) is 17.0 Å². The van der Waals surface area contributed by atoms with Gasteiger partial charge in [0.2, 0.25) is 0 Å². The van der Waals surface area contributed by atoms with Gasteiger partial charge in [-0.25, -0.2) is 0 Å². The Balaban J connectivity index is 2.21. The van der Waals surface area contributed by atoms with Crippen molar-refractivity contribution in [1.82, 2.24) is 10.2 Å². The number of hydrogen-bond donors (Lipinski definition) is 1. The molecule has 1 heterocycles. The number of rotatable bonds is 10. The monoisotopic (exact) mass is 326 g/mol. The average molecular weight is 326 g/mol. The number of amidine groups is 1. The Hall–Kier alpha value is -1.93. The maximum absolute atomic E-state index is 10.4. The van der Waals surface area contributed by atoms with Crippen molar-refractivity contribution in [3.8, 4) is 0 Å². The van der Waals surface area contributed by atoms with E-state index in [-0.39, 0.29) is 6.54 Å². The molecule has 0 saturated heterocycles. The summed E-state index contributed by atoms with van der Waals surface area (Å²) in [5.41, 5.74) is 1.13. The van der Waals surface area contributed by atoms with Gasteiger partial charge in [-0.05, 0) is 39.1 Å². The molecule has 0 bridgehead atoms. The average Bonchev–Trinajstić information content (AvgIpc) is 2.80. The highest BCUT2D eigenvalue weighted by molar-refractivity contribution is 5.82. The summed E-state index contributed by atoms with van der Waals surface area (Å²) < 4.78 is 11.3. The van der Waals surface area contributed by atoms with Crippen molar-refractivity contribution < 1.29 is 14.1 Å². The van der Waals surface area contributed by atoms with E-state index in [1.807, 2.05) is 27.1 Å². The van der Waals surface area contributed by atoms with Gasteiger partial charge in [-0.2, -0.15) is 0 Å². The van der Waals surface area contributed by atoms with Crippen molar-refractivity contribution in [2.45, 2.75) is 26.5 Å². The van der Waals surface area contributed by atoms with Gasteiger partial charge in [0.15, 0.2) is 5.84 Å². The molecular formula is C15H26N4O4. The van der Waals surface area contributed by atoms with Crippen molar-refractivity contribution in [3.05, 3.63) is 33.3 Å². The minimum absolute atomic E-state index is 0.280. The Morgan fingerprint density at radius 3 is 2.87 bits per heavy atom. The number of aliphatic imine (C=N–C) groups is 1. The van der Waals surface area contributed by atoms with Crippen LogP contribution in [0.1, 0.15) is 23.5 Å². The molecule has 0 aliphatic carbocycles. The molecule has 1 N–H and O–H groups in total. The van der Waals surface area contributed by atoms with E-state index >= 15 is 0 Å². The van der Waals surface area contributed by atoms with E-state index in [9.17, 15) is 10.1 Å². The van der Waals surface area contributed by atoms with Gasteiger partial charge >= 0.3 is 0 Å². The van der Waals surface area contributed by atoms with E-state index in [0.29, 0.717) is 25.6 Å². The molecule has 0 spiro atoms. The molecule has 0 fully saturated rings. The van der Waals surface area contributed by atoms with Gasteiger partial charge in [-0.1, -0.05) is 0 Å². The second-order valence-electron chi connectivity index (χ2n) is 5.55. The molecule has 8 nitrogen and oxygen atoms in total. The van der Waals surface area contributed by atoms with Gasteiger partial charge in [0.05, 0.1) is 6.54 Å². The molecule has 0 aliphatic rings. The number of hydrogen-bond acceptors (Lipinski definition) is 6.